The maximum Gasteiger partial charge on any atom is 0.123 e. The number of hydrogen-bond acceptors (Lipinski definition) is 1. The molecule has 0 bridgehead atoms. The molecule has 0 aliphatic heterocycles. The van der Waals surface area contributed by atoms with Crippen LogP contribution in [0.1, 0.15) is 28.3 Å². The van der Waals surface area contributed by atoms with Crippen molar-refractivity contribution in [2.24, 2.45) is 5.73 Å². The van der Waals surface area contributed by atoms with Gasteiger partial charge >= 0.3 is 0 Å². The largest absolute Gasteiger partial charge is 0.324 e. The molecule has 0 aliphatic carbocycles. The molecule has 1 nitrogen and oxygen atoms in total. The minimum atomic E-state index is -0.209. The molecule has 18 heavy (non-hydrogen) atoms. The fraction of sp³-hybridized carbons (Fsp3) is 0.250. The van der Waals surface area contributed by atoms with Gasteiger partial charge in [0, 0.05) is 6.04 Å². The third kappa shape index (κ3) is 2.77. The van der Waals surface area contributed by atoms with E-state index >= 15 is 0 Å². The van der Waals surface area contributed by atoms with Crippen LogP contribution in [0.15, 0.2) is 42.5 Å². The highest BCUT2D eigenvalue weighted by molar-refractivity contribution is 5.37. The molecule has 0 fully saturated rings. The van der Waals surface area contributed by atoms with Gasteiger partial charge in [-0.2, -0.15) is 0 Å². The molecule has 1 atom stereocenters. The Morgan fingerprint density at radius 1 is 1.00 bits per heavy atom. The van der Waals surface area contributed by atoms with Gasteiger partial charge in [-0.15, -0.1) is 0 Å². The Morgan fingerprint density at radius 3 is 2.11 bits per heavy atom. The van der Waals surface area contributed by atoms with Gasteiger partial charge in [0.15, 0.2) is 0 Å². The zero-order valence-corrected chi connectivity index (χ0v) is 10.8. The fourth-order valence-electron chi connectivity index (χ4n) is 2.39. The van der Waals surface area contributed by atoms with Crippen LogP contribution in [-0.4, -0.2) is 0 Å². The van der Waals surface area contributed by atoms with E-state index in [0.29, 0.717) is 0 Å². The molecule has 2 heteroatoms. The summed E-state index contributed by atoms with van der Waals surface area (Å²) in [7, 11) is 0. The van der Waals surface area contributed by atoms with Crippen molar-refractivity contribution in [3.63, 3.8) is 0 Å². The maximum absolute atomic E-state index is 12.8. The predicted molar refractivity (Wildman–Crippen MR) is 72.9 cm³/mol. The van der Waals surface area contributed by atoms with E-state index in [0.717, 1.165) is 12.0 Å². The zero-order valence-electron chi connectivity index (χ0n) is 10.8. The molecule has 0 saturated heterocycles. The summed E-state index contributed by atoms with van der Waals surface area (Å²) in [6, 6.07) is 12.7. The molecule has 0 saturated carbocycles. The summed E-state index contributed by atoms with van der Waals surface area (Å²) in [6.45, 7) is 4.15. The highest BCUT2D eigenvalue weighted by Crippen LogP contribution is 2.23. The van der Waals surface area contributed by atoms with Crippen molar-refractivity contribution in [1.29, 1.82) is 0 Å². The van der Waals surface area contributed by atoms with Crippen molar-refractivity contribution in [1.82, 2.24) is 0 Å². The average Bonchev–Trinajstić information content (AvgIpc) is 2.32. The fourth-order valence-corrected chi connectivity index (χ4v) is 2.39. The Bertz CT molecular complexity index is 511. The van der Waals surface area contributed by atoms with Crippen LogP contribution in [0.25, 0.3) is 0 Å². The quantitative estimate of drug-likeness (QED) is 0.874. The second-order valence-corrected chi connectivity index (χ2v) is 4.74. The number of hydrogen-bond donors (Lipinski definition) is 1. The lowest BCUT2D eigenvalue weighted by molar-refractivity contribution is 0.625. The van der Waals surface area contributed by atoms with Gasteiger partial charge in [-0.05, 0) is 54.7 Å². The van der Waals surface area contributed by atoms with Gasteiger partial charge in [0.25, 0.3) is 0 Å². The number of nitrogens with two attached hydrogens (primary N) is 1. The molecule has 0 spiro atoms. The van der Waals surface area contributed by atoms with Crippen molar-refractivity contribution in [2.45, 2.75) is 26.3 Å². The lowest BCUT2D eigenvalue weighted by Gasteiger charge is -2.17. The van der Waals surface area contributed by atoms with E-state index in [9.17, 15) is 4.39 Å². The van der Waals surface area contributed by atoms with E-state index in [1.54, 1.807) is 12.1 Å². The summed E-state index contributed by atoms with van der Waals surface area (Å²) in [4.78, 5) is 0. The van der Waals surface area contributed by atoms with E-state index in [1.165, 1.54) is 28.8 Å². The number of aryl methyl sites for hydroxylation is 2. The van der Waals surface area contributed by atoms with Gasteiger partial charge in [0.2, 0.25) is 0 Å². The topological polar surface area (TPSA) is 26.0 Å². The average molecular weight is 243 g/mol. The highest BCUT2D eigenvalue weighted by Gasteiger charge is 2.12. The minimum absolute atomic E-state index is 0.0448. The molecule has 94 valence electrons. The lowest BCUT2D eigenvalue weighted by Crippen LogP contribution is -2.16. The second kappa shape index (κ2) is 5.32. The van der Waals surface area contributed by atoms with Gasteiger partial charge < -0.3 is 5.73 Å². The first-order valence-corrected chi connectivity index (χ1v) is 6.14. The Morgan fingerprint density at radius 2 is 1.56 bits per heavy atom. The van der Waals surface area contributed by atoms with Crippen molar-refractivity contribution < 1.29 is 4.39 Å². The molecular formula is C16H18FN. The summed E-state index contributed by atoms with van der Waals surface area (Å²) >= 11 is 0. The molecule has 2 N–H and O–H groups in total. The first-order valence-electron chi connectivity index (χ1n) is 6.14. The zero-order chi connectivity index (χ0) is 13.1. The van der Waals surface area contributed by atoms with E-state index in [4.69, 9.17) is 5.73 Å². The molecule has 0 amide bonds. The van der Waals surface area contributed by atoms with Crippen LogP contribution in [0.3, 0.4) is 0 Å². The van der Waals surface area contributed by atoms with Crippen molar-refractivity contribution in [3.8, 4) is 0 Å². The molecule has 0 aliphatic rings. The monoisotopic (exact) mass is 243 g/mol. The SMILES string of the molecule is Cc1cccc(C)c1C(N)Cc1ccc(F)cc1. The molecule has 2 aromatic rings. The molecule has 0 aromatic heterocycles. The Hall–Kier alpha value is -1.67. The van der Waals surface area contributed by atoms with E-state index < -0.39 is 0 Å². The van der Waals surface area contributed by atoms with E-state index in [1.807, 2.05) is 6.07 Å². The van der Waals surface area contributed by atoms with Gasteiger partial charge in [-0.25, -0.2) is 4.39 Å². The van der Waals surface area contributed by atoms with E-state index in [2.05, 4.69) is 26.0 Å². The van der Waals surface area contributed by atoms with Crippen LogP contribution in [0.4, 0.5) is 4.39 Å². The Labute approximate surface area is 107 Å². The number of halogens is 1. The third-order valence-electron chi connectivity index (χ3n) is 3.28. The van der Waals surface area contributed by atoms with Gasteiger partial charge in [-0.1, -0.05) is 30.3 Å². The molecule has 2 rings (SSSR count). The van der Waals surface area contributed by atoms with Gasteiger partial charge in [-0.3, -0.25) is 0 Å². The highest BCUT2D eigenvalue weighted by atomic mass is 19.1. The van der Waals surface area contributed by atoms with Crippen LogP contribution >= 0.6 is 0 Å². The van der Waals surface area contributed by atoms with Crippen molar-refractivity contribution >= 4 is 0 Å². The third-order valence-corrected chi connectivity index (χ3v) is 3.28. The first kappa shape index (κ1) is 12.8. The Kier molecular flexibility index (Phi) is 3.78. The normalized spacial score (nSPS) is 12.4. The van der Waals surface area contributed by atoms with Crippen LogP contribution < -0.4 is 5.73 Å². The van der Waals surface area contributed by atoms with Crippen molar-refractivity contribution in [2.75, 3.05) is 0 Å². The molecule has 1 unspecified atom stereocenters. The molecular weight excluding hydrogens is 225 g/mol. The summed E-state index contributed by atoms with van der Waals surface area (Å²) in [5.74, 6) is -0.209. The summed E-state index contributed by atoms with van der Waals surface area (Å²) < 4.78 is 12.8. The van der Waals surface area contributed by atoms with Gasteiger partial charge in [0.1, 0.15) is 5.82 Å². The maximum atomic E-state index is 12.8. The lowest BCUT2D eigenvalue weighted by atomic mass is 9.92. The van der Waals surface area contributed by atoms with Crippen LogP contribution in [0.5, 0.6) is 0 Å². The molecule has 2 aromatic carbocycles. The molecule has 0 heterocycles. The minimum Gasteiger partial charge on any atom is -0.324 e. The number of rotatable bonds is 3. The van der Waals surface area contributed by atoms with Crippen LogP contribution in [0.2, 0.25) is 0 Å². The molecule has 0 radical (unpaired) electrons. The predicted octanol–water partition coefficient (Wildman–Crippen LogP) is 3.69. The number of benzene rings is 2. The van der Waals surface area contributed by atoms with Crippen LogP contribution in [0, 0.1) is 19.7 Å². The van der Waals surface area contributed by atoms with E-state index in [-0.39, 0.29) is 11.9 Å². The smallest absolute Gasteiger partial charge is 0.123 e. The summed E-state index contributed by atoms with van der Waals surface area (Å²) in [6.07, 6.45) is 0.728. The first-order chi connectivity index (χ1) is 8.58. The van der Waals surface area contributed by atoms with Gasteiger partial charge in [0.05, 0.1) is 0 Å². The standard InChI is InChI=1S/C16H18FN/c1-11-4-3-5-12(2)16(11)15(18)10-13-6-8-14(17)9-7-13/h3-9,15H,10,18H2,1-2H3. The summed E-state index contributed by atoms with van der Waals surface area (Å²) in [5.41, 5.74) is 11.0. The Balaban J connectivity index is 2.22. The summed E-state index contributed by atoms with van der Waals surface area (Å²) in [5, 5.41) is 0. The van der Waals surface area contributed by atoms with Crippen molar-refractivity contribution in [3.05, 3.63) is 70.5 Å². The second-order valence-electron chi connectivity index (χ2n) is 4.74. The van der Waals surface area contributed by atoms with Crippen LogP contribution in [-0.2, 0) is 6.42 Å².